The lowest BCUT2D eigenvalue weighted by atomic mass is 10.2. The van der Waals surface area contributed by atoms with Crippen LogP contribution in [0.1, 0.15) is 29.0 Å². The van der Waals surface area contributed by atoms with Crippen LogP contribution in [0, 0.1) is 6.92 Å². The van der Waals surface area contributed by atoms with Crippen LogP contribution >= 0.6 is 23.2 Å². The fraction of sp³-hybridized carbons (Fsp3) is 0.294. The normalized spacial score (nSPS) is 14.3. The van der Waals surface area contributed by atoms with E-state index in [9.17, 15) is 9.90 Å². The van der Waals surface area contributed by atoms with E-state index >= 15 is 0 Å². The van der Waals surface area contributed by atoms with E-state index in [1.165, 1.54) is 10.7 Å². The smallest absolute Gasteiger partial charge is 0.297 e. The molecule has 0 bridgehead atoms. The lowest BCUT2D eigenvalue weighted by Crippen LogP contribution is -2.19. The summed E-state index contributed by atoms with van der Waals surface area (Å²) in [6, 6.07) is 3.22. The predicted molar refractivity (Wildman–Crippen MR) is 99.4 cm³/mol. The van der Waals surface area contributed by atoms with Crippen LogP contribution in [0.4, 0.5) is 5.82 Å². The Balaban J connectivity index is 1.78. The second-order valence-electron chi connectivity index (χ2n) is 6.18. The highest BCUT2D eigenvalue weighted by Gasteiger charge is 2.21. The number of halogens is 2. The number of rotatable bonds is 2. The van der Waals surface area contributed by atoms with Gasteiger partial charge in [-0.3, -0.25) is 4.79 Å². The number of carbonyl (C=O) groups is 1. The van der Waals surface area contributed by atoms with Crippen molar-refractivity contribution in [2.24, 2.45) is 0 Å². The molecule has 0 amide bonds. The molecule has 9 heteroatoms. The van der Waals surface area contributed by atoms with E-state index in [0.29, 0.717) is 11.2 Å². The van der Waals surface area contributed by atoms with Gasteiger partial charge in [-0.1, -0.05) is 23.2 Å². The Morgan fingerprint density at radius 1 is 1.23 bits per heavy atom. The Labute approximate surface area is 159 Å². The largest absolute Gasteiger partial charge is 0.504 e. The minimum Gasteiger partial charge on any atom is -0.504 e. The van der Waals surface area contributed by atoms with Gasteiger partial charge < -0.3 is 10.0 Å². The van der Waals surface area contributed by atoms with Crippen molar-refractivity contribution in [1.82, 2.24) is 19.7 Å². The van der Waals surface area contributed by atoms with Crippen LogP contribution in [-0.2, 0) is 0 Å². The fourth-order valence-electron chi connectivity index (χ4n) is 3.12. The molecule has 134 valence electrons. The quantitative estimate of drug-likeness (QED) is 0.673. The average Bonchev–Trinajstić information content (AvgIpc) is 3.27. The van der Waals surface area contributed by atoms with E-state index in [0.717, 1.165) is 37.1 Å². The minimum atomic E-state index is -0.498. The maximum Gasteiger partial charge on any atom is 0.297 e. The van der Waals surface area contributed by atoms with Gasteiger partial charge in [-0.15, -0.1) is 0 Å². The van der Waals surface area contributed by atoms with Gasteiger partial charge in [-0.25, -0.2) is 9.97 Å². The zero-order valence-electron chi connectivity index (χ0n) is 13.9. The molecule has 0 radical (unpaired) electrons. The van der Waals surface area contributed by atoms with Gasteiger partial charge in [0, 0.05) is 18.5 Å². The van der Waals surface area contributed by atoms with E-state index in [-0.39, 0.29) is 21.6 Å². The summed E-state index contributed by atoms with van der Waals surface area (Å²) < 4.78 is 1.23. The van der Waals surface area contributed by atoms with Crippen molar-refractivity contribution in [3.63, 3.8) is 0 Å². The molecule has 26 heavy (non-hydrogen) atoms. The zero-order valence-corrected chi connectivity index (χ0v) is 15.4. The molecule has 0 atom stereocenters. The van der Waals surface area contributed by atoms with Crippen molar-refractivity contribution in [2.45, 2.75) is 19.8 Å². The number of aryl methyl sites for hydroxylation is 1. The molecular weight excluding hydrogens is 377 g/mol. The van der Waals surface area contributed by atoms with Crippen molar-refractivity contribution in [3.8, 4) is 5.75 Å². The maximum absolute atomic E-state index is 12.8. The number of hydrogen-bond donors (Lipinski definition) is 1. The molecule has 1 N–H and O–H groups in total. The van der Waals surface area contributed by atoms with Crippen molar-refractivity contribution in [1.29, 1.82) is 0 Å². The van der Waals surface area contributed by atoms with Crippen LogP contribution < -0.4 is 4.90 Å². The number of carbonyl (C=O) groups excluding carboxylic acids is 1. The Morgan fingerprint density at radius 3 is 2.65 bits per heavy atom. The van der Waals surface area contributed by atoms with Crippen LogP contribution in [0.15, 0.2) is 18.3 Å². The van der Waals surface area contributed by atoms with Crippen LogP contribution in [0.5, 0.6) is 5.75 Å². The summed E-state index contributed by atoms with van der Waals surface area (Å²) in [6.45, 7) is 3.81. The summed E-state index contributed by atoms with van der Waals surface area (Å²) in [4.78, 5) is 23.4. The molecule has 0 unspecified atom stereocenters. The first kappa shape index (κ1) is 17.1. The Hall–Kier alpha value is -2.38. The van der Waals surface area contributed by atoms with Crippen LogP contribution in [0.2, 0.25) is 10.2 Å². The van der Waals surface area contributed by atoms with Gasteiger partial charge in [-0.2, -0.15) is 9.78 Å². The topological polar surface area (TPSA) is 84.1 Å². The summed E-state index contributed by atoms with van der Waals surface area (Å²) >= 11 is 11.7. The molecule has 3 aromatic rings. The number of fused-ring (bicyclic) bond motifs is 1. The minimum absolute atomic E-state index is 0.00850. The molecule has 1 aliphatic rings. The molecule has 1 aliphatic heterocycles. The maximum atomic E-state index is 12.8. The van der Waals surface area contributed by atoms with Crippen LogP contribution in [0.3, 0.4) is 0 Å². The van der Waals surface area contributed by atoms with Gasteiger partial charge in [0.05, 0.1) is 22.4 Å². The first-order valence-electron chi connectivity index (χ1n) is 8.15. The van der Waals surface area contributed by atoms with Gasteiger partial charge in [0.15, 0.2) is 10.9 Å². The monoisotopic (exact) mass is 391 g/mol. The van der Waals surface area contributed by atoms with Crippen molar-refractivity contribution in [2.75, 3.05) is 18.0 Å². The number of aromatic hydroxyl groups is 1. The predicted octanol–water partition coefficient (Wildman–Crippen LogP) is 3.44. The summed E-state index contributed by atoms with van der Waals surface area (Å²) in [7, 11) is 0. The molecule has 3 aromatic heterocycles. The van der Waals surface area contributed by atoms with E-state index in [1.54, 1.807) is 6.20 Å². The summed E-state index contributed by atoms with van der Waals surface area (Å²) in [5.74, 6) is 0.0323. The SMILES string of the molecule is Cc1nn(C(=O)c2cc(Cl)c(O)c(Cl)n2)c2cnc(N3CCCC3)cc12. The zero-order chi connectivity index (χ0) is 18.4. The highest BCUT2D eigenvalue weighted by atomic mass is 35.5. The first-order chi connectivity index (χ1) is 12.5. The number of anilines is 1. The van der Waals surface area contributed by atoms with Gasteiger partial charge >= 0.3 is 0 Å². The Morgan fingerprint density at radius 2 is 1.96 bits per heavy atom. The number of pyridine rings is 2. The third-order valence-corrected chi connectivity index (χ3v) is 5.03. The summed E-state index contributed by atoms with van der Waals surface area (Å²) in [5.41, 5.74) is 1.29. The van der Waals surface area contributed by atoms with Crippen LogP contribution in [0.25, 0.3) is 10.9 Å². The molecule has 1 saturated heterocycles. The molecule has 4 heterocycles. The number of aromatic nitrogens is 4. The van der Waals surface area contributed by atoms with Crippen molar-refractivity contribution in [3.05, 3.63) is 39.9 Å². The lowest BCUT2D eigenvalue weighted by Gasteiger charge is -2.16. The van der Waals surface area contributed by atoms with Gasteiger partial charge in [0.1, 0.15) is 11.5 Å². The van der Waals surface area contributed by atoms with Gasteiger partial charge in [-0.05, 0) is 31.9 Å². The third-order valence-electron chi connectivity index (χ3n) is 4.48. The number of hydrogen-bond acceptors (Lipinski definition) is 6. The lowest BCUT2D eigenvalue weighted by molar-refractivity contribution is 0.0945. The molecule has 0 saturated carbocycles. The van der Waals surface area contributed by atoms with Gasteiger partial charge in [0.2, 0.25) is 0 Å². The fourth-order valence-corrected chi connectivity index (χ4v) is 3.56. The molecule has 0 spiro atoms. The third kappa shape index (κ3) is 2.77. The first-order valence-corrected chi connectivity index (χ1v) is 8.91. The molecule has 1 fully saturated rings. The molecule has 7 nitrogen and oxygen atoms in total. The van der Waals surface area contributed by atoms with E-state index in [4.69, 9.17) is 23.2 Å². The second kappa shape index (κ2) is 6.41. The summed E-state index contributed by atoms with van der Waals surface area (Å²) in [5, 5.41) is 14.5. The van der Waals surface area contributed by atoms with E-state index < -0.39 is 5.91 Å². The second-order valence-corrected chi connectivity index (χ2v) is 6.95. The van der Waals surface area contributed by atoms with Crippen LogP contribution in [-0.4, -0.2) is 43.9 Å². The Bertz CT molecular complexity index is 1000. The van der Waals surface area contributed by atoms with Crippen molar-refractivity contribution >= 4 is 45.8 Å². The average molecular weight is 392 g/mol. The standard InChI is InChI=1S/C17H15Cl2N5O2/c1-9-10-6-14(23-4-2-3-5-23)20-8-13(10)24(22-9)17(26)12-7-11(18)15(25)16(19)21-12/h6-8,25H,2-5H2,1H3. The van der Waals surface area contributed by atoms with E-state index in [2.05, 4.69) is 20.0 Å². The highest BCUT2D eigenvalue weighted by Crippen LogP contribution is 2.31. The van der Waals surface area contributed by atoms with Gasteiger partial charge in [0.25, 0.3) is 5.91 Å². The summed E-state index contributed by atoms with van der Waals surface area (Å²) in [6.07, 6.45) is 3.96. The Kier molecular flexibility index (Phi) is 4.20. The molecule has 0 aliphatic carbocycles. The van der Waals surface area contributed by atoms with E-state index in [1.807, 2.05) is 13.0 Å². The highest BCUT2D eigenvalue weighted by molar-refractivity contribution is 6.36. The molecular formula is C17H15Cl2N5O2. The van der Waals surface area contributed by atoms with Crippen molar-refractivity contribution < 1.29 is 9.90 Å². The molecule has 4 rings (SSSR count). The molecule has 0 aromatic carbocycles. The number of nitrogens with zero attached hydrogens (tertiary/aromatic N) is 5.